The van der Waals surface area contributed by atoms with Crippen molar-refractivity contribution in [1.82, 2.24) is 20.7 Å². The minimum atomic E-state index is -0.165. The molecule has 0 aliphatic carbocycles. The molecule has 6 nitrogen and oxygen atoms in total. The third kappa shape index (κ3) is 4.01. The number of fused-ring (bicyclic) bond motifs is 1. The molecule has 1 aliphatic rings. The SMILES string of the molecule is CC1CCCCN1CCNC(=O)NCc1noc2ccccc12. The molecule has 1 atom stereocenters. The summed E-state index contributed by atoms with van der Waals surface area (Å²) < 4.78 is 5.23. The van der Waals surface area contributed by atoms with Gasteiger partial charge in [-0.05, 0) is 38.4 Å². The van der Waals surface area contributed by atoms with E-state index in [4.69, 9.17) is 4.52 Å². The largest absolute Gasteiger partial charge is 0.356 e. The molecule has 124 valence electrons. The highest BCUT2D eigenvalue weighted by molar-refractivity contribution is 5.80. The molecule has 1 aromatic heterocycles. The second kappa shape index (κ2) is 7.46. The molecule has 0 radical (unpaired) electrons. The fourth-order valence-corrected chi connectivity index (χ4v) is 3.09. The van der Waals surface area contributed by atoms with E-state index in [1.54, 1.807) is 0 Å². The second-order valence-electron chi connectivity index (χ2n) is 6.12. The lowest BCUT2D eigenvalue weighted by atomic mass is 10.0. The van der Waals surface area contributed by atoms with Gasteiger partial charge in [-0.2, -0.15) is 0 Å². The van der Waals surface area contributed by atoms with Gasteiger partial charge in [-0.15, -0.1) is 0 Å². The fourth-order valence-electron chi connectivity index (χ4n) is 3.09. The number of aromatic nitrogens is 1. The Balaban J connectivity index is 1.41. The van der Waals surface area contributed by atoms with Gasteiger partial charge in [-0.3, -0.25) is 4.90 Å². The summed E-state index contributed by atoms with van der Waals surface area (Å²) in [4.78, 5) is 14.3. The maximum absolute atomic E-state index is 11.9. The Hall–Kier alpha value is -2.08. The number of nitrogens with zero attached hydrogens (tertiary/aromatic N) is 2. The third-order valence-corrected chi connectivity index (χ3v) is 4.49. The van der Waals surface area contributed by atoms with Crippen molar-refractivity contribution in [2.24, 2.45) is 0 Å². The lowest BCUT2D eigenvalue weighted by molar-refractivity contribution is 0.161. The lowest BCUT2D eigenvalue weighted by Gasteiger charge is -2.33. The van der Waals surface area contributed by atoms with Crippen LogP contribution in [0, 0.1) is 0 Å². The summed E-state index contributed by atoms with van der Waals surface area (Å²) in [6.07, 6.45) is 3.83. The Morgan fingerprint density at radius 3 is 3.09 bits per heavy atom. The Morgan fingerprint density at radius 2 is 2.22 bits per heavy atom. The van der Waals surface area contributed by atoms with Gasteiger partial charge in [-0.25, -0.2) is 4.79 Å². The van der Waals surface area contributed by atoms with Gasteiger partial charge < -0.3 is 15.2 Å². The summed E-state index contributed by atoms with van der Waals surface area (Å²) in [5, 5.41) is 10.7. The zero-order chi connectivity index (χ0) is 16.1. The van der Waals surface area contributed by atoms with Crippen LogP contribution in [0.2, 0.25) is 0 Å². The standard InChI is InChI=1S/C17H24N4O2/c1-13-6-4-5-10-21(13)11-9-18-17(22)19-12-15-14-7-2-3-8-16(14)23-20-15/h2-3,7-8,13H,4-6,9-12H2,1H3,(H2,18,19,22). The molecule has 2 N–H and O–H groups in total. The summed E-state index contributed by atoms with van der Waals surface area (Å²) in [6, 6.07) is 8.10. The normalized spacial score (nSPS) is 18.9. The molecule has 0 bridgehead atoms. The van der Waals surface area contributed by atoms with Crippen LogP contribution in [-0.2, 0) is 6.54 Å². The van der Waals surface area contributed by atoms with Crippen molar-refractivity contribution in [3.8, 4) is 0 Å². The molecular weight excluding hydrogens is 292 g/mol. The van der Waals surface area contributed by atoms with Crippen molar-refractivity contribution in [3.05, 3.63) is 30.0 Å². The number of benzene rings is 1. The van der Waals surface area contributed by atoms with Crippen LogP contribution in [0.15, 0.2) is 28.8 Å². The van der Waals surface area contributed by atoms with E-state index in [1.165, 1.54) is 19.3 Å². The zero-order valence-electron chi connectivity index (χ0n) is 13.5. The average Bonchev–Trinajstić information content (AvgIpc) is 2.98. The van der Waals surface area contributed by atoms with Crippen LogP contribution in [0.4, 0.5) is 4.79 Å². The molecule has 1 aromatic carbocycles. The Morgan fingerprint density at radius 1 is 1.35 bits per heavy atom. The Bertz CT molecular complexity index is 655. The maximum Gasteiger partial charge on any atom is 0.315 e. The van der Waals surface area contributed by atoms with Crippen molar-refractivity contribution in [3.63, 3.8) is 0 Å². The van der Waals surface area contributed by atoms with Crippen molar-refractivity contribution in [2.45, 2.75) is 38.8 Å². The van der Waals surface area contributed by atoms with E-state index in [1.807, 2.05) is 24.3 Å². The van der Waals surface area contributed by atoms with Gasteiger partial charge in [0.05, 0.1) is 6.54 Å². The van der Waals surface area contributed by atoms with Gasteiger partial charge in [0.15, 0.2) is 5.58 Å². The summed E-state index contributed by atoms with van der Waals surface area (Å²) in [7, 11) is 0. The number of piperidine rings is 1. The highest BCUT2D eigenvalue weighted by Crippen LogP contribution is 2.17. The number of nitrogens with one attached hydrogen (secondary N) is 2. The minimum absolute atomic E-state index is 0.165. The van der Waals surface area contributed by atoms with Crippen LogP contribution in [0.3, 0.4) is 0 Å². The van der Waals surface area contributed by atoms with E-state index in [0.717, 1.165) is 29.8 Å². The van der Waals surface area contributed by atoms with E-state index in [9.17, 15) is 4.79 Å². The molecule has 1 aliphatic heterocycles. The zero-order valence-corrected chi connectivity index (χ0v) is 13.5. The number of carbonyl (C=O) groups excluding carboxylic acids is 1. The first-order valence-electron chi connectivity index (χ1n) is 8.33. The predicted molar refractivity (Wildman–Crippen MR) is 89.1 cm³/mol. The minimum Gasteiger partial charge on any atom is -0.356 e. The number of hydrogen-bond donors (Lipinski definition) is 2. The summed E-state index contributed by atoms with van der Waals surface area (Å²) >= 11 is 0. The van der Waals surface area contributed by atoms with Gasteiger partial charge in [0.25, 0.3) is 0 Å². The van der Waals surface area contributed by atoms with E-state index in [0.29, 0.717) is 19.1 Å². The predicted octanol–water partition coefficient (Wildman–Crippen LogP) is 2.50. The first-order valence-corrected chi connectivity index (χ1v) is 8.33. The first kappa shape index (κ1) is 15.8. The van der Waals surface area contributed by atoms with Gasteiger partial charge >= 0.3 is 6.03 Å². The van der Waals surface area contributed by atoms with Gasteiger partial charge in [0, 0.05) is 24.5 Å². The molecule has 1 saturated heterocycles. The van der Waals surface area contributed by atoms with E-state index >= 15 is 0 Å². The number of hydrogen-bond acceptors (Lipinski definition) is 4. The number of para-hydroxylation sites is 1. The monoisotopic (exact) mass is 316 g/mol. The Kier molecular flexibility index (Phi) is 5.12. The lowest BCUT2D eigenvalue weighted by Crippen LogP contribution is -2.44. The van der Waals surface area contributed by atoms with Crippen LogP contribution in [0.25, 0.3) is 11.0 Å². The number of urea groups is 1. The molecule has 0 spiro atoms. The van der Waals surface area contributed by atoms with Gasteiger partial charge in [0.1, 0.15) is 5.69 Å². The van der Waals surface area contributed by atoms with E-state index in [2.05, 4.69) is 27.6 Å². The molecule has 2 heterocycles. The van der Waals surface area contributed by atoms with Crippen molar-refractivity contribution in [1.29, 1.82) is 0 Å². The molecule has 3 rings (SSSR count). The summed E-state index contributed by atoms with van der Waals surface area (Å²) in [6.45, 7) is 5.32. The smallest absolute Gasteiger partial charge is 0.315 e. The number of amides is 2. The topological polar surface area (TPSA) is 70.4 Å². The van der Waals surface area contributed by atoms with Crippen molar-refractivity contribution >= 4 is 17.0 Å². The molecule has 23 heavy (non-hydrogen) atoms. The molecule has 1 unspecified atom stereocenters. The highest BCUT2D eigenvalue weighted by Gasteiger charge is 2.17. The molecular formula is C17H24N4O2. The van der Waals surface area contributed by atoms with Crippen molar-refractivity contribution in [2.75, 3.05) is 19.6 Å². The van der Waals surface area contributed by atoms with Crippen LogP contribution < -0.4 is 10.6 Å². The van der Waals surface area contributed by atoms with Gasteiger partial charge in [0.2, 0.25) is 0 Å². The summed E-state index contributed by atoms with van der Waals surface area (Å²) in [5.74, 6) is 0. The number of rotatable bonds is 5. The fraction of sp³-hybridized carbons (Fsp3) is 0.529. The van der Waals surface area contributed by atoms with Crippen LogP contribution >= 0.6 is 0 Å². The molecule has 1 fully saturated rings. The average molecular weight is 316 g/mol. The molecule has 2 amide bonds. The summed E-state index contributed by atoms with van der Waals surface area (Å²) in [5.41, 5.74) is 1.49. The van der Waals surface area contributed by atoms with E-state index < -0.39 is 0 Å². The number of carbonyl (C=O) groups is 1. The highest BCUT2D eigenvalue weighted by atomic mass is 16.5. The quantitative estimate of drug-likeness (QED) is 0.889. The molecule has 6 heteroatoms. The first-order chi connectivity index (χ1) is 11.2. The van der Waals surface area contributed by atoms with Crippen LogP contribution in [0.5, 0.6) is 0 Å². The molecule has 2 aromatic rings. The van der Waals surface area contributed by atoms with Gasteiger partial charge in [-0.1, -0.05) is 23.7 Å². The number of likely N-dealkylation sites (tertiary alicyclic amines) is 1. The molecule has 0 saturated carbocycles. The Labute approximate surface area is 136 Å². The maximum atomic E-state index is 11.9. The van der Waals surface area contributed by atoms with Crippen LogP contribution in [0.1, 0.15) is 31.9 Å². The van der Waals surface area contributed by atoms with Crippen LogP contribution in [-0.4, -0.2) is 41.8 Å². The van der Waals surface area contributed by atoms with E-state index in [-0.39, 0.29) is 6.03 Å². The third-order valence-electron chi connectivity index (χ3n) is 4.49. The van der Waals surface area contributed by atoms with Crippen molar-refractivity contribution < 1.29 is 9.32 Å². The second-order valence-corrected chi connectivity index (χ2v) is 6.12.